The molecular weight excluding hydrogens is 277 g/mol. The van der Waals surface area contributed by atoms with Gasteiger partial charge in [-0.05, 0) is 43.5 Å². The smallest absolute Gasteiger partial charge is 0.157 e. The summed E-state index contributed by atoms with van der Waals surface area (Å²) >= 11 is 6.41. The highest BCUT2D eigenvalue weighted by atomic mass is 35.5. The van der Waals surface area contributed by atoms with E-state index in [9.17, 15) is 4.39 Å². The largest absolute Gasteiger partial charge is 0.233 e. The fraction of sp³-hybridized carbons (Fsp3) is 0.200. The molecule has 20 heavy (non-hydrogen) atoms. The third-order valence-electron chi connectivity index (χ3n) is 3.70. The highest BCUT2D eigenvalue weighted by Crippen LogP contribution is 2.30. The molecule has 0 saturated heterocycles. The molecule has 0 atom stereocenters. The van der Waals surface area contributed by atoms with E-state index < -0.39 is 0 Å². The van der Waals surface area contributed by atoms with Crippen LogP contribution in [-0.2, 0) is 12.8 Å². The Hall–Kier alpha value is -1.94. The van der Waals surface area contributed by atoms with Gasteiger partial charge in [0.1, 0.15) is 11.0 Å². The SMILES string of the molecule is Fc1ccc(-c2cc3nc4c(c(Cl)n3n2)CCC4)cc1. The third-order valence-corrected chi connectivity index (χ3v) is 4.09. The van der Waals surface area contributed by atoms with Crippen LogP contribution < -0.4 is 0 Å². The van der Waals surface area contributed by atoms with Gasteiger partial charge in [0.25, 0.3) is 0 Å². The Morgan fingerprint density at radius 2 is 1.95 bits per heavy atom. The Kier molecular flexibility index (Phi) is 2.54. The van der Waals surface area contributed by atoms with Gasteiger partial charge >= 0.3 is 0 Å². The summed E-state index contributed by atoms with van der Waals surface area (Å²) in [5.41, 5.74) is 4.53. The Bertz CT molecular complexity index is 808. The molecule has 0 amide bonds. The van der Waals surface area contributed by atoms with Gasteiger partial charge in [-0.25, -0.2) is 13.9 Å². The topological polar surface area (TPSA) is 30.2 Å². The molecular formula is C15H11ClFN3. The van der Waals surface area contributed by atoms with E-state index in [1.165, 1.54) is 12.1 Å². The van der Waals surface area contributed by atoms with Crippen molar-refractivity contribution in [2.24, 2.45) is 0 Å². The van der Waals surface area contributed by atoms with Crippen LogP contribution in [0.3, 0.4) is 0 Å². The first-order chi connectivity index (χ1) is 9.72. The standard InChI is InChI=1S/C15H11ClFN3/c16-15-11-2-1-3-12(11)18-14-8-13(19-20(14)15)9-4-6-10(17)7-5-9/h4-8H,1-3H2. The zero-order chi connectivity index (χ0) is 13.7. The summed E-state index contributed by atoms with van der Waals surface area (Å²) in [5, 5.41) is 5.14. The average Bonchev–Trinajstić information content (AvgIpc) is 3.06. The quantitative estimate of drug-likeness (QED) is 0.639. The van der Waals surface area contributed by atoms with E-state index in [1.54, 1.807) is 16.6 Å². The van der Waals surface area contributed by atoms with Crippen molar-refractivity contribution in [2.75, 3.05) is 0 Å². The summed E-state index contributed by atoms with van der Waals surface area (Å²) in [6.45, 7) is 0. The van der Waals surface area contributed by atoms with Crippen molar-refractivity contribution in [3.05, 3.63) is 52.6 Å². The van der Waals surface area contributed by atoms with Gasteiger partial charge in [0, 0.05) is 22.9 Å². The van der Waals surface area contributed by atoms with Crippen molar-refractivity contribution in [2.45, 2.75) is 19.3 Å². The molecule has 100 valence electrons. The van der Waals surface area contributed by atoms with E-state index in [-0.39, 0.29) is 5.82 Å². The number of nitrogens with zero attached hydrogens (tertiary/aromatic N) is 3. The van der Waals surface area contributed by atoms with Crippen molar-refractivity contribution in [1.29, 1.82) is 0 Å². The Morgan fingerprint density at radius 3 is 2.75 bits per heavy atom. The average molecular weight is 288 g/mol. The maximum Gasteiger partial charge on any atom is 0.157 e. The normalized spacial score (nSPS) is 13.9. The van der Waals surface area contributed by atoms with Crippen molar-refractivity contribution in [3.63, 3.8) is 0 Å². The molecule has 0 saturated carbocycles. The summed E-state index contributed by atoms with van der Waals surface area (Å²) < 4.78 is 14.6. The maximum atomic E-state index is 13.0. The summed E-state index contributed by atoms with van der Waals surface area (Å²) in [7, 11) is 0. The minimum atomic E-state index is -0.257. The van der Waals surface area contributed by atoms with Crippen LogP contribution in [0.2, 0.25) is 5.15 Å². The monoisotopic (exact) mass is 287 g/mol. The maximum absolute atomic E-state index is 13.0. The predicted molar refractivity (Wildman–Crippen MR) is 75.4 cm³/mol. The molecule has 2 aromatic heterocycles. The lowest BCUT2D eigenvalue weighted by molar-refractivity contribution is 0.628. The number of hydrogen-bond acceptors (Lipinski definition) is 2. The second-order valence-electron chi connectivity index (χ2n) is 4.99. The van der Waals surface area contributed by atoms with Gasteiger partial charge in [-0.15, -0.1) is 0 Å². The lowest BCUT2D eigenvalue weighted by atomic mass is 10.1. The Balaban J connectivity index is 1.91. The van der Waals surface area contributed by atoms with Crippen molar-refractivity contribution < 1.29 is 4.39 Å². The van der Waals surface area contributed by atoms with E-state index in [0.29, 0.717) is 5.15 Å². The fourth-order valence-electron chi connectivity index (χ4n) is 2.70. The molecule has 2 heterocycles. The van der Waals surface area contributed by atoms with Crippen LogP contribution in [0.25, 0.3) is 16.9 Å². The molecule has 0 aliphatic heterocycles. The molecule has 0 unspecified atom stereocenters. The van der Waals surface area contributed by atoms with Gasteiger partial charge < -0.3 is 0 Å². The first kappa shape index (κ1) is 11.9. The molecule has 0 fully saturated rings. The predicted octanol–water partition coefficient (Wildman–Crippen LogP) is 3.68. The van der Waals surface area contributed by atoms with Gasteiger partial charge in [0.05, 0.1) is 5.69 Å². The van der Waals surface area contributed by atoms with E-state index in [0.717, 1.165) is 47.4 Å². The lowest BCUT2D eigenvalue weighted by Gasteiger charge is -2.03. The molecule has 0 bridgehead atoms. The van der Waals surface area contributed by atoms with Crippen LogP contribution in [0.4, 0.5) is 4.39 Å². The van der Waals surface area contributed by atoms with E-state index in [1.807, 2.05) is 6.07 Å². The van der Waals surface area contributed by atoms with Crippen LogP contribution in [0, 0.1) is 5.82 Å². The minimum absolute atomic E-state index is 0.257. The number of hydrogen-bond donors (Lipinski definition) is 0. The molecule has 1 aliphatic carbocycles. The molecule has 0 N–H and O–H groups in total. The molecule has 0 radical (unpaired) electrons. The molecule has 5 heteroatoms. The summed E-state index contributed by atoms with van der Waals surface area (Å²) in [6, 6.07) is 8.15. The first-order valence-corrected chi connectivity index (χ1v) is 6.93. The van der Waals surface area contributed by atoms with E-state index in [2.05, 4.69) is 10.1 Å². The van der Waals surface area contributed by atoms with Crippen LogP contribution in [-0.4, -0.2) is 14.6 Å². The number of aryl methyl sites for hydroxylation is 1. The van der Waals surface area contributed by atoms with Crippen LogP contribution in [0.5, 0.6) is 0 Å². The lowest BCUT2D eigenvalue weighted by Crippen LogP contribution is -1.99. The molecule has 1 aromatic carbocycles. The minimum Gasteiger partial charge on any atom is -0.233 e. The Labute approximate surface area is 120 Å². The molecule has 4 rings (SSSR count). The highest BCUT2D eigenvalue weighted by Gasteiger charge is 2.20. The summed E-state index contributed by atoms with van der Waals surface area (Å²) in [6.07, 6.45) is 3.03. The number of rotatable bonds is 1. The highest BCUT2D eigenvalue weighted by molar-refractivity contribution is 6.30. The van der Waals surface area contributed by atoms with Gasteiger partial charge in [-0.1, -0.05) is 11.6 Å². The third kappa shape index (κ3) is 1.72. The number of halogens is 2. The number of aromatic nitrogens is 3. The van der Waals surface area contributed by atoms with E-state index >= 15 is 0 Å². The zero-order valence-electron chi connectivity index (χ0n) is 10.6. The van der Waals surface area contributed by atoms with Crippen LogP contribution in [0.15, 0.2) is 30.3 Å². The molecule has 1 aliphatic rings. The Morgan fingerprint density at radius 1 is 1.15 bits per heavy atom. The van der Waals surface area contributed by atoms with Crippen LogP contribution >= 0.6 is 11.6 Å². The number of fused-ring (bicyclic) bond motifs is 2. The molecule has 0 spiro atoms. The van der Waals surface area contributed by atoms with Gasteiger partial charge in [-0.2, -0.15) is 5.10 Å². The van der Waals surface area contributed by atoms with Crippen molar-refractivity contribution in [1.82, 2.24) is 14.6 Å². The van der Waals surface area contributed by atoms with Gasteiger partial charge in [0.15, 0.2) is 5.65 Å². The summed E-state index contributed by atoms with van der Waals surface area (Å²) in [5.74, 6) is -0.257. The van der Waals surface area contributed by atoms with Gasteiger partial charge in [0.2, 0.25) is 0 Å². The zero-order valence-corrected chi connectivity index (χ0v) is 11.4. The second kappa shape index (κ2) is 4.28. The van der Waals surface area contributed by atoms with Crippen molar-refractivity contribution in [3.8, 4) is 11.3 Å². The van der Waals surface area contributed by atoms with Crippen LogP contribution in [0.1, 0.15) is 17.7 Å². The number of benzene rings is 1. The fourth-order valence-corrected chi connectivity index (χ4v) is 3.02. The molecule has 3 aromatic rings. The first-order valence-electron chi connectivity index (χ1n) is 6.55. The van der Waals surface area contributed by atoms with Gasteiger partial charge in [-0.3, -0.25) is 0 Å². The molecule has 3 nitrogen and oxygen atoms in total. The van der Waals surface area contributed by atoms with E-state index in [4.69, 9.17) is 11.6 Å². The van der Waals surface area contributed by atoms with Crippen molar-refractivity contribution >= 4 is 17.2 Å². The second-order valence-corrected chi connectivity index (χ2v) is 5.35. The summed E-state index contributed by atoms with van der Waals surface area (Å²) in [4.78, 5) is 4.62.